The predicted molar refractivity (Wildman–Crippen MR) is 137 cm³/mol. The van der Waals surface area contributed by atoms with E-state index in [9.17, 15) is 22.8 Å². The topological polar surface area (TPSA) is 52.7 Å². The minimum Gasteiger partial charge on any atom is -0.336 e. The minimum absolute atomic E-state index is 0.00476. The van der Waals surface area contributed by atoms with Crippen LogP contribution in [-0.4, -0.2) is 34.4 Å². The van der Waals surface area contributed by atoms with Gasteiger partial charge < -0.3 is 10.2 Å². The molecule has 2 amide bonds. The molecule has 1 unspecified atom stereocenters. The van der Waals surface area contributed by atoms with E-state index in [2.05, 4.69) is 5.32 Å². The molecule has 0 saturated carbocycles. The molecule has 3 aromatic carbocycles. The maximum atomic E-state index is 13.4. The summed E-state index contributed by atoms with van der Waals surface area (Å²) in [4.78, 5) is 29.0. The lowest BCUT2D eigenvalue weighted by Crippen LogP contribution is -2.39. The molecule has 4 rings (SSSR count). The summed E-state index contributed by atoms with van der Waals surface area (Å²) in [7, 11) is 0. The van der Waals surface area contributed by atoms with Crippen molar-refractivity contribution < 1.29 is 22.8 Å². The van der Waals surface area contributed by atoms with E-state index in [1.807, 2.05) is 30.3 Å². The molecular weight excluding hydrogens is 511 g/mol. The highest BCUT2D eigenvalue weighted by atomic mass is 35.5. The van der Waals surface area contributed by atoms with Crippen molar-refractivity contribution in [3.63, 3.8) is 0 Å². The molecular formula is C26H21ClF3N3O2S. The summed E-state index contributed by atoms with van der Waals surface area (Å²) in [5, 5.41) is 3.29. The number of hydrogen-bond donors (Lipinski definition) is 1. The van der Waals surface area contributed by atoms with Gasteiger partial charge in [-0.25, -0.2) is 0 Å². The Morgan fingerprint density at radius 3 is 2.36 bits per heavy atom. The van der Waals surface area contributed by atoms with Gasteiger partial charge in [0.2, 0.25) is 5.91 Å². The summed E-state index contributed by atoms with van der Waals surface area (Å²) in [6, 6.07) is 19.5. The average molecular weight is 532 g/mol. The number of hydrogen-bond acceptors (Lipinski definition) is 3. The van der Waals surface area contributed by atoms with Crippen LogP contribution in [-0.2, 0) is 22.2 Å². The molecule has 36 heavy (non-hydrogen) atoms. The van der Waals surface area contributed by atoms with E-state index in [4.69, 9.17) is 23.8 Å². The number of rotatable bonds is 7. The molecule has 186 valence electrons. The molecule has 0 spiro atoms. The van der Waals surface area contributed by atoms with Gasteiger partial charge in [-0.05, 0) is 66.7 Å². The smallest absolute Gasteiger partial charge is 0.336 e. The van der Waals surface area contributed by atoms with Gasteiger partial charge in [0, 0.05) is 17.3 Å². The maximum absolute atomic E-state index is 13.4. The van der Waals surface area contributed by atoms with Gasteiger partial charge in [-0.3, -0.25) is 14.5 Å². The molecule has 0 aliphatic carbocycles. The fourth-order valence-electron chi connectivity index (χ4n) is 3.96. The summed E-state index contributed by atoms with van der Waals surface area (Å²) in [6.45, 7) is 0.308. The van der Waals surface area contributed by atoms with E-state index >= 15 is 0 Å². The van der Waals surface area contributed by atoms with Crippen LogP contribution in [0.2, 0.25) is 5.02 Å². The average Bonchev–Trinajstić information content (AvgIpc) is 3.08. The molecule has 0 radical (unpaired) electrons. The van der Waals surface area contributed by atoms with E-state index in [1.165, 1.54) is 12.1 Å². The zero-order valence-corrected chi connectivity index (χ0v) is 20.4. The number of halogens is 4. The molecule has 1 atom stereocenters. The van der Waals surface area contributed by atoms with E-state index in [1.54, 1.807) is 29.2 Å². The maximum Gasteiger partial charge on any atom is 0.416 e. The molecule has 10 heteroatoms. The summed E-state index contributed by atoms with van der Waals surface area (Å²) >= 11 is 11.4. The van der Waals surface area contributed by atoms with Crippen LogP contribution in [0.4, 0.5) is 24.5 Å². The highest BCUT2D eigenvalue weighted by Gasteiger charge is 2.44. The van der Waals surface area contributed by atoms with Gasteiger partial charge in [0.25, 0.3) is 5.91 Å². The van der Waals surface area contributed by atoms with Gasteiger partial charge in [0.15, 0.2) is 5.11 Å². The summed E-state index contributed by atoms with van der Waals surface area (Å²) in [6.07, 6.45) is -4.28. The van der Waals surface area contributed by atoms with Crippen molar-refractivity contribution in [2.24, 2.45) is 0 Å². The third kappa shape index (κ3) is 5.85. The third-order valence-corrected chi connectivity index (χ3v) is 6.41. The molecule has 1 N–H and O–H groups in total. The first-order chi connectivity index (χ1) is 17.1. The minimum atomic E-state index is -4.58. The van der Waals surface area contributed by atoms with E-state index in [0.29, 0.717) is 23.7 Å². The van der Waals surface area contributed by atoms with Crippen molar-refractivity contribution in [1.29, 1.82) is 0 Å². The summed E-state index contributed by atoms with van der Waals surface area (Å²) in [5.41, 5.74) is 0.609. The number of nitrogens with zero attached hydrogens (tertiary/aromatic N) is 2. The normalized spacial score (nSPS) is 15.9. The first-order valence-corrected chi connectivity index (χ1v) is 11.8. The Labute approximate surface area is 216 Å². The molecule has 1 aliphatic rings. The summed E-state index contributed by atoms with van der Waals surface area (Å²) < 4.78 is 39.9. The second-order valence-electron chi connectivity index (χ2n) is 8.21. The van der Waals surface area contributed by atoms with Crippen LogP contribution in [0.15, 0.2) is 78.9 Å². The van der Waals surface area contributed by atoms with Gasteiger partial charge in [0.1, 0.15) is 6.04 Å². The molecule has 5 nitrogen and oxygen atoms in total. The van der Waals surface area contributed by atoms with Crippen LogP contribution in [0.1, 0.15) is 17.5 Å². The van der Waals surface area contributed by atoms with E-state index < -0.39 is 29.6 Å². The van der Waals surface area contributed by atoms with Crippen LogP contribution < -0.4 is 10.2 Å². The molecule has 1 saturated heterocycles. The molecule has 1 aliphatic heterocycles. The fraction of sp³-hybridized carbons (Fsp3) is 0.192. The number of carbonyl (C=O) groups excluding carboxylic acids is 2. The Morgan fingerprint density at radius 1 is 1.00 bits per heavy atom. The van der Waals surface area contributed by atoms with Crippen LogP contribution in [0.25, 0.3) is 0 Å². The molecule has 0 bridgehead atoms. The van der Waals surface area contributed by atoms with E-state index in [0.717, 1.165) is 22.6 Å². The second-order valence-corrected chi connectivity index (χ2v) is 9.01. The van der Waals surface area contributed by atoms with Crippen LogP contribution in [0.5, 0.6) is 0 Å². The third-order valence-electron chi connectivity index (χ3n) is 5.74. The van der Waals surface area contributed by atoms with E-state index in [-0.39, 0.29) is 17.2 Å². The van der Waals surface area contributed by atoms with Crippen LogP contribution in [0, 0.1) is 0 Å². The second kappa shape index (κ2) is 10.7. The first kappa shape index (κ1) is 25.7. The number of nitrogens with one attached hydrogen (secondary N) is 1. The Balaban J connectivity index is 1.59. The highest BCUT2D eigenvalue weighted by Crippen LogP contribution is 2.34. The van der Waals surface area contributed by atoms with Gasteiger partial charge in [-0.2, -0.15) is 13.2 Å². The number of alkyl halides is 3. The molecule has 1 heterocycles. The van der Waals surface area contributed by atoms with Crippen molar-refractivity contribution in [3.05, 3.63) is 95.0 Å². The quantitative estimate of drug-likeness (QED) is 0.384. The lowest BCUT2D eigenvalue weighted by Gasteiger charge is -2.24. The molecule has 1 fully saturated rings. The lowest BCUT2D eigenvalue weighted by atomic mass is 10.1. The van der Waals surface area contributed by atoms with Gasteiger partial charge in [-0.15, -0.1) is 0 Å². The molecule has 0 aromatic heterocycles. The van der Waals surface area contributed by atoms with Crippen molar-refractivity contribution >= 4 is 52.1 Å². The van der Waals surface area contributed by atoms with Crippen LogP contribution in [0.3, 0.4) is 0 Å². The zero-order chi connectivity index (χ0) is 25.9. The standard InChI is InChI=1S/C26H21ClF3N3O2S/c27-19-9-11-20(12-10-19)31-23(34)16-22-24(35)33(21-8-4-7-18(15-21)26(28,29)30)25(36)32(22)14-13-17-5-2-1-3-6-17/h1-12,15,22H,13-14,16H2,(H,31,34). The number of anilines is 2. The Hall–Kier alpha value is -3.43. The monoisotopic (exact) mass is 531 g/mol. The zero-order valence-electron chi connectivity index (χ0n) is 18.8. The van der Waals surface area contributed by atoms with Gasteiger partial charge in [0.05, 0.1) is 17.7 Å². The number of amides is 2. The lowest BCUT2D eigenvalue weighted by molar-refractivity contribution is -0.137. The Bertz CT molecular complexity index is 1270. The van der Waals surface area contributed by atoms with Crippen molar-refractivity contribution in [2.45, 2.75) is 25.1 Å². The predicted octanol–water partition coefficient (Wildman–Crippen LogP) is 5.93. The van der Waals surface area contributed by atoms with Gasteiger partial charge in [-0.1, -0.05) is 48.0 Å². The largest absolute Gasteiger partial charge is 0.416 e. The first-order valence-electron chi connectivity index (χ1n) is 11.0. The van der Waals surface area contributed by atoms with Crippen molar-refractivity contribution in [1.82, 2.24) is 4.90 Å². The van der Waals surface area contributed by atoms with Crippen molar-refractivity contribution in [3.8, 4) is 0 Å². The van der Waals surface area contributed by atoms with Gasteiger partial charge >= 0.3 is 6.18 Å². The Kier molecular flexibility index (Phi) is 7.61. The summed E-state index contributed by atoms with van der Waals surface area (Å²) in [5.74, 6) is -0.993. The van der Waals surface area contributed by atoms with Crippen LogP contribution >= 0.6 is 23.8 Å². The molecule has 3 aromatic rings. The Morgan fingerprint density at radius 2 is 1.69 bits per heavy atom. The SMILES string of the molecule is O=C(CC1C(=O)N(c2cccc(C(F)(F)F)c2)C(=S)N1CCc1ccccc1)Nc1ccc(Cl)cc1. The highest BCUT2D eigenvalue weighted by molar-refractivity contribution is 7.80. The number of thiocarbonyl (C=S) groups is 1. The number of carbonyl (C=O) groups is 2. The fourth-order valence-corrected chi connectivity index (χ4v) is 4.50. The number of benzene rings is 3. The van der Waals surface area contributed by atoms with Crippen molar-refractivity contribution in [2.75, 3.05) is 16.8 Å².